The lowest BCUT2D eigenvalue weighted by Gasteiger charge is -2.41. The Morgan fingerprint density at radius 1 is 0.462 bits per heavy atom. The van der Waals surface area contributed by atoms with E-state index >= 15 is 0 Å². The van der Waals surface area contributed by atoms with Crippen molar-refractivity contribution in [3.8, 4) is 22.6 Å². The second-order valence-corrected chi connectivity index (χ2v) is 21.0. The fourth-order valence-electron chi connectivity index (χ4n) is 10.0. The fourth-order valence-corrected chi connectivity index (χ4v) is 10.0. The Labute approximate surface area is 384 Å². The van der Waals surface area contributed by atoms with Crippen molar-refractivity contribution < 1.29 is 9.15 Å². The molecule has 0 saturated heterocycles. The minimum atomic E-state index is -0.0818. The number of anilines is 6. The SMILES string of the molecule is CC(C)(C)c1ccc(-c2cc(C(C)(C)C)ccc2N2c3ccc(C(C)(C)C)cc3B3c4ccc5c(oc6cc(N(c7ccccc7)c7ccccc7)ccc65)c4Oc4cccc2c43)cc1. The van der Waals surface area contributed by atoms with Crippen LogP contribution in [0.15, 0.2) is 174 Å². The zero-order valence-corrected chi connectivity index (χ0v) is 39.0. The molecule has 0 amide bonds. The van der Waals surface area contributed by atoms with Crippen LogP contribution >= 0.6 is 0 Å². The van der Waals surface area contributed by atoms with Crippen molar-refractivity contribution in [3.63, 3.8) is 0 Å². The second-order valence-electron chi connectivity index (χ2n) is 21.0. The van der Waals surface area contributed by atoms with Gasteiger partial charge in [-0.05, 0) is 122 Å². The minimum Gasteiger partial charge on any atom is -0.454 e. The molecular formula is C60H55BN2O2. The highest BCUT2D eigenvalue weighted by molar-refractivity contribution is 6.99. The van der Waals surface area contributed by atoms with Crippen LogP contribution in [0.25, 0.3) is 33.1 Å². The van der Waals surface area contributed by atoms with E-state index in [1.54, 1.807) is 0 Å². The molecule has 9 aromatic rings. The molecule has 2 aliphatic rings. The van der Waals surface area contributed by atoms with E-state index in [9.17, 15) is 0 Å². The summed E-state index contributed by atoms with van der Waals surface area (Å²) in [6.45, 7) is 20.6. The predicted molar refractivity (Wildman–Crippen MR) is 276 cm³/mol. The molecule has 0 N–H and O–H groups in total. The van der Waals surface area contributed by atoms with E-state index in [4.69, 9.17) is 9.15 Å². The Morgan fingerprint density at radius 2 is 1.06 bits per heavy atom. The predicted octanol–water partition coefficient (Wildman–Crippen LogP) is 15.0. The molecule has 1 aromatic heterocycles. The molecule has 0 spiro atoms. The van der Waals surface area contributed by atoms with Gasteiger partial charge in [0.1, 0.15) is 11.3 Å². The molecule has 0 fully saturated rings. The molecule has 0 saturated carbocycles. The molecule has 4 nitrogen and oxygen atoms in total. The monoisotopic (exact) mass is 846 g/mol. The lowest BCUT2D eigenvalue weighted by molar-refractivity contribution is 0.481. The van der Waals surface area contributed by atoms with Gasteiger partial charge in [0.05, 0.1) is 5.69 Å². The largest absolute Gasteiger partial charge is 0.454 e. The molecule has 0 unspecified atom stereocenters. The first-order chi connectivity index (χ1) is 31.1. The summed E-state index contributed by atoms with van der Waals surface area (Å²) in [7, 11) is 0. The van der Waals surface area contributed by atoms with Crippen molar-refractivity contribution in [2.75, 3.05) is 9.80 Å². The maximum atomic E-state index is 7.17. The van der Waals surface area contributed by atoms with E-state index in [0.717, 1.165) is 67.3 Å². The van der Waals surface area contributed by atoms with Crippen molar-refractivity contribution in [3.05, 3.63) is 187 Å². The van der Waals surface area contributed by atoms with Gasteiger partial charge in [-0.25, -0.2) is 0 Å². The number of hydrogen-bond donors (Lipinski definition) is 0. The topological polar surface area (TPSA) is 28.9 Å². The van der Waals surface area contributed by atoms with Crippen LogP contribution < -0.4 is 30.9 Å². The average Bonchev–Trinajstić information content (AvgIpc) is 3.67. The molecule has 0 bridgehead atoms. The van der Waals surface area contributed by atoms with Crippen molar-refractivity contribution in [1.82, 2.24) is 0 Å². The lowest BCUT2D eigenvalue weighted by Crippen LogP contribution is -2.59. The van der Waals surface area contributed by atoms with Gasteiger partial charge in [-0.3, -0.25) is 0 Å². The second kappa shape index (κ2) is 14.8. The molecule has 8 aromatic carbocycles. The van der Waals surface area contributed by atoms with Crippen LogP contribution in [0.4, 0.5) is 34.1 Å². The normalized spacial score (nSPS) is 13.4. The van der Waals surface area contributed by atoms with Gasteiger partial charge in [0.15, 0.2) is 11.3 Å². The first kappa shape index (κ1) is 40.8. The van der Waals surface area contributed by atoms with Crippen LogP contribution in [-0.2, 0) is 16.2 Å². The average molecular weight is 847 g/mol. The molecule has 2 aliphatic heterocycles. The molecule has 0 radical (unpaired) electrons. The highest BCUT2D eigenvalue weighted by Gasteiger charge is 2.44. The van der Waals surface area contributed by atoms with Crippen molar-refractivity contribution in [1.29, 1.82) is 0 Å². The number of fused-ring (bicyclic) bond motifs is 8. The molecule has 11 rings (SSSR count). The summed E-state index contributed by atoms with van der Waals surface area (Å²) in [6.07, 6.45) is 0. The van der Waals surface area contributed by atoms with E-state index < -0.39 is 0 Å². The van der Waals surface area contributed by atoms with Gasteiger partial charge < -0.3 is 19.0 Å². The number of nitrogens with zero attached hydrogens (tertiary/aromatic N) is 2. The fraction of sp³-hybridized carbons (Fsp3) is 0.200. The number of ether oxygens (including phenoxy) is 1. The number of hydrogen-bond acceptors (Lipinski definition) is 4. The molecule has 320 valence electrons. The summed E-state index contributed by atoms with van der Waals surface area (Å²) in [6, 6.07) is 62.1. The number of benzene rings is 8. The third-order valence-corrected chi connectivity index (χ3v) is 13.6. The van der Waals surface area contributed by atoms with Gasteiger partial charge in [-0.2, -0.15) is 0 Å². The lowest BCUT2D eigenvalue weighted by atomic mass is 9.34. The molecule has 0 aliphatic carbocycles. The van der Waals surface area contributed by atoms with Gasteiger partial charge in [-0.1, -0.05) is 159 Å². The number of furan rings is 1. The van der Waals surface area contributed by atoms with E-state index in [0.29, 0.717) is 0 Å². The van der Waals surface area contributed by atoms with Gasteiger partial charge in [0.25, 0.3) is 6.71 Å². The molecule has 0 atom stereocenters. The summed E-state index contributed by atoms with van der Waals surface area (Å²) in [5, 5.41) is 2.10. The Hall–Kier alpha value is -6.98. The van der Waals surface area contributed by atoms with Gasteiger partial charge >= 0.3 is 0 Å². The number of para-hydroxylation sites is 2. The van der Waals surface area contributed by atoms with Gasteiger partial charge in [0.2, 0.25) is 0 Å². The van der Waals surface area contributed by atoms with Crippen LogP contribution in [0.5, 0.6) is 11.5 Å². The Bertz CT molecular complexity index is 3250. The van der Waals surface area contributed by atoms with Crippen molar-refractivity contribution in [2.45, 2.75) is 78.6 Å². The van der Waals surface area contributed by atoms with Crippen molar-refractivity contribution in [2.24, 2.45) is 0 Å². The molecule has 5 heteroatoms. The first-order valence-corrected chi connectivity index (χ1v) is 23.0. The Kier molecular flexibility index (Phi) is 9.28. The van der Waals surface area contributed by atoms with Crippen LogP contribution in [0, 0.1) is 0 Å². The summed E-state index contributed by atoms with van der Waals surface area (Å²) in [4.78, 5) is 4.77. The van der Waals surface area contributed by atoms with Crippen LogP contribution in [0.3, 0.4) is 0 Å². The first-order valence-electron chi connectivity index (χ1n) is 23.0. The molecular weight excluding hydrogens is 791 g/mol. The zero-order valence-electron chi connectivity index (χ0n) is 39.0. The molecule has 65 heavy (non-hydrogen) atoms. The van der Waals surface area contributed by atoms with Gasteiger partial charge in [-0.15, -0.1) is 0 Å². The number of rotatable bonds is 5. The zero-order chi connectivity index (χ0) is 45.0. The third kappa shape index (κ3) is 6.83. The molecule has 3 heterocycles. The summed E-state index contributed by atoms with van der Waals surface area (Å²) in [5.41, 5.74) is 18.1. The maximum absolute atomic E-state index is 7.17. The van der Waals surface area contributed by atoms with Gasteiger partial charge in [0, 0.05) is 50.8 Å². The van der Waals surface area contributed by atoms with Crippen molar-refractivity contribution >= 4 is 79.2 Å². The van der Waals surface area contributed by atoms with Crippen LogP contribution in [0.2, 0.25) is 0 Å². The quantitative estimate of drug-likeness (QED) is 0.161. The summed E-state index contributed by atoms with van der Waals surface area (Å²) in [5.74, 6) is 1.64. The van der Waals surface area contributed by atoms with E-state index in [1.165, 1.54) is 44.4 Å². The smallest absolute Gasteiger partial charge is 0.256 e. The van der Waals surface area contributed by atoms with E-state index in [2.05, 4.69) is 242 Å². The van der Waals surface area contributed by atoms with E-state index in [-0.39, 0.29) is 23.0 Å². The highest BCUT2D eigenvalue weighted by atomic mass is 16.5. The summed E-state index contributed by atoms with van der Waals surface area (Å²) >= 11 is 0. The minimum absolute atomic E-state index is 0.0265. The standard InChI is InChI=1S/C60H55BN2O2/c1-58(2,3)39-25-23-38(24-26-39)47-35-40(59(4,5)6)27-33-50(47)63-51-34-28-41(60(7,8)9)36-49(51)61-48-32-31-46-45-30-29-44(62(42-17-12-10-13-18-42)43-19-14-11-15-20-43)37-54(45)65-56(46)57(48)64-53-22-16-21-52(63)55(53)61/h10-37H,1-9H3. The summed E-state index contributed by atoms with van der Waals surface area (Å²) < 4.78 is 14.2. The van der Waals surface area contributed by atoms with E-state index in [1.807, 2.05) is 0 Å². The van der Waals surface area contributed by atoms with Crippen LogP contribution in [-0.4, -0.2) is 6.71 Å². The Morgan fingerprint density at radius 3 is 1.71 bits per heavy atom. The maximum Gasteiger partial charge on any atom is 0.256 e. The Balaban J connectivity index is 1.10. The third-order valence-electron chi connectivity index (χ3n) is 13.6. The van der Waals surface area contributed by atoms with Crippen LogP contribution in [0.1, 0.15) is 79.0 Å². The highest BCUT2D eigenvalue weighted by Crippen LogP contribution is 2.48.